The average molecular weight is 243 g/mol. The molecule has 1 rings (SSSR count). The van der Waals surface area contributed by atoms with Gasteiger partial charge in [-0.25, -0.2) is 0 Å². The van der Waals surface area contributed by atoms with Gasteiger partial charge in [0.15, 0.2) is 0 Å². The summed E-state index contributed by atoms with van der Waals surface area (Å²) < 4.78 is 0. The Morgan fingerprint density at radius 1 is 1.22 bits per heavy atom. The molecule has 98 valence electrons. The standard InChI is InChI=1S/C17H25N/c1-3-5-13-17(18-15-4-2)14-9-12-16-10-7-6-8-11-16/h1,6-8,10-11,17-18H,4-5,9,12-15H2,2H3. The summed E-state index contributed by atoms with van der Waals surface area (Å²) >= 11 is 0. The summed E-state index contributed by atoms with van der Waals surface area (Å²) in [4.78, 5) is 0. The highest BCUT2D eigenvalue weighted by molar-refractivity contribution is 5.14. The van der Waals surface area contributed by atoms with Gasteiger partial charge in [0.1, 0.15) is 0 Å². The van der Waals surface area contributed by atoms with Gasteiger partial charge in [-0.3, -0.25) is 0 Å². The molecule has 0 amide bonds. The molecule has 0 bridgehead atoms. The van der Waals surface area contributed by atoms with Gasteiger partial charge in [0.2, 0.25) is 0 Å². The second-order valence-corrected chi connectivity index (χ2v) is 4.77. The van der Waals surface area contributed by atoms with Crippen molar-refractivity contribution in [3.63, 3.8) is 0 Å². The number of hydrogen-bond donors (Lipinski definition) is 1. The summed E-state index contributed by atoms with van der Waals surface area (Å²) in [6.45, 7) is 3.30. The van der Waals surface area contributed by atoms with Crippen LogP contribution in [0.25, 0.3) is 0 Å². The van der Waals surface area contributed by atoms with Crippen molar-refractivity contribution in [2.45, 2.75) is 51.5 Å². The first-order valence-electron chi connectivity index (χ1n) is 7.07. The maximum atomic E-state index is 5.35. The molecule has 0 aliphatic rings. The van der Waals surface area contributed by atoms with E-state index in [4.69, 9.17) is 6.42 Å². The molecule has 0 spiro atoms. The Bertz CT molecular complexity index is 336. The molecular formula is C17H25N. The van der Waals surface area contributed by atoms with Crippen LogP contribution in [0.5, 0.6) is 0 Å². The maximum absolute atomic E-state index is 5.35. The van der Waals surface area contributed by atoms with E-state index < -0.39 is 0 Å². The first-order valence-corrected chi connectivity index (χ1v) is 7.07. The van der Waals surface area contributed by atoms with E-state index in [1.807, 2.05) is 0 Å². The lowest BCUT2D eigenvalue weighted by Crippen LogP contribution is -2.29. The molecule has 0 aliphatic carbocycles. The second kappa shape index (κ2) is 9.74. The quantitative estimate of drug-likeness (QED) is 0.651. The Morgan fingerprint density at radius 2 is 2.00 bits per heavy atom. The average Bonchev–Trinajstić information content (AvgIpc) is 2.42. The molecule has 18 heavy (non-hydrogen) atoms. The third-order valence-electron chi connectivity index (χ3n) is 3.18. The van der Waals surface area contributed by atoms with Gasteiger partial charge in [0.25, 0.3) is 0 Å². The number of aryl methyl sites for hydroxylation is 1. The van der Waals surface area contributed by atoms with E-state index >= 15 is 0 Å². The highest BCUT2D eigenvalue weighted by Crippen LogP contribution is 2.09. The van der Waals surface area contributed by atoms with Crippen LogP contribution in [0.1, 0.15) is 44.6 Å². The summed E-state index contributed by atoms with van der Waals surface area (Å²) in [5.74, 6) is 2.74. The molecule has 0 aromatic heterocycles. The van der Waals surface area contributed by atoms with Gasteiger partial charge in [-0.2, -0.15) is 0 Å². The predicted octanol–water partition coefficient (Wildman–Crippen LogP) is 3.79. The minimum Gasteiger partial charge on any atom is -0.314 e. The van der Waals surface area contributed by atoms with E-state index in [2.05, 4.69) is 48.5 Å². The van der Waals surface area contributed by atoms with Crippen LogP contribution in [0.15, 0.2) is 30.3 Å². The lowest BCUT2D eigenvalue weighted by atomic mass is 10.0. The van der Waals surface area contributed by atoms with Gasteiger partial charge in [-0.05, 0) is 44.2 Å². The normalized spacial score (nSPS) is 12.0. The van der Waals surface area contributed by atoms with Crippen LogP contribution >= 0.6 is 0 Å². The van der Waals surface area contributed by atoms with Crippen molar-refractivity contribution in [1.29, 1.82) is 0 Å². The lowest BCUT2D eigenvalue weighted by Gasteiger charge is -2.17. The highest BCUT2D eigenvalue weighted by Gasteiger charge is 2.06. The predicted molar refractivity (Wildman–Crippen MR) is 79.5 cm³/mol. The number of benzene rings is 1. The van der Waals surface area contributed by atoms with Gasteiger partial charge in [0.05, 0.1) is 0 Å². The smallest absolute Gasteiger partial charge is 0.0101 e. The Balaban J connectivity index is 2.25. The van der Waals surface area contributed by atoms with Crippen molar-refractivity contribution in [3.8, 4) is 12.3 Å². The molecule has 1 nitrogen and oxygen atoms in total. The van der Waals surface area contributed by atoms with E-state index in [1.165, 1.54) is 31.2 Å². The summed E-state index contributed by atoms with van der Waals surface area (Å²) in [5.41, 5.74) is 1.43. The van der Waals surface area contributed by atoms with Crippen LogP contribution in [-0.2, 0) is 6.42 Å². The first kappa shape index (κ1) is 14.8. The van der Waals surface area contributed by atoms with Gasteiger partial charge in [-0.15, -0.1) is 12.3 Å². The van der Waals surface area contributed by atoms with Crippen molar-refractivity contribution in [2.24, 2.45) is 0 Å². The molecule has 0 heterocycles. The topological polar surface area (TPSA) is 12.0 Å². The van der Waals surface area contributed by atoms with Crippen molar-refractivity contribution in [2.75, 3.05) is 6.54 Å². The van der Waals surface area contributed by atoms with Crippen LogP contribution in [0.2, 0.25) is 0 Å². The molecule has 1 heteroatoms. The van der Waals surface area contributed by atoms with Crippen LogP contribution in [0.3, 0.4) is 0 Å². The largest absolute Gasteiger partial charge is 0.314 e. The molecule has 1 aromatic carbocycles. The van der Waals surface area contributed by atoms with Gasteiger partial charge in [-0.1, -0.05) is 37.3 Å². The van der Waals surface area contributed by atoms with Crippen molar-refractivity contribution in [1.82, 2.24) is 5.32 Å². The molecule has 1 N–H and O–H groups in total. The molecule has 1 aromatic rings. The van der Waals surface area contributed by atoms with Crippen molar-refractivity contribution in [3.05, 3.63) is 35.9 Å². The van der Waals surface area contributed by atoms with E-state index in [0.717, 1.165) is 19.4 Å². The van der Waals surface area contributed by atoms with Gasteiger partial charge < -0.3 is 5.32 Å². The fraction of sp³-hybridized carbons (Fsp3) is 0.529. The number of rotatable bonds is 9. The zero-order valence-electron chi connectivity index (χ0n) is 11.5. The van der Waals surface area contributed by atoms with Gasteiger partial charge >= 0.3 is 0 Å². The third-order valence-corrected chi connectivity index (χ3v) is 3.18. The SMILES string of the molecule is C#CCCC(CCCc1ccccc1)NCCC. The summed E-state index contributed by atoms with van der Waals surface area (Å²) in [5, 5.41) is 3.59. The zero-order valence-corrected chi connectivity index (χ0v) is 11.5. The lowest BCUT2D eigenvalue weighted by molar-refractivity contribution is 0.446. The van der Waals surface area contributed by atoms with Crippen LogP contribution in [0.4, 0.5) is 0 Å². The van der Waals surface area contributed by atoms with Crippen molar-refractivity contribution >= 4 is 0 Å². The van der Waals surface area contributed by atoms with E-state index in [1.54, 1.807) is 0 Å². The number of nitrogens with one attached hydrogen (secondary N) is 1. The number of hydrogen-bond acceptors (Lipinski definition) is 1. The monoisotopic (exact) mass is 243 g/mol. The third kappa shape index (κ3) is 6.47. The fourth-order valence-electron chi connectivity index (χ4n) is 2.15. The van der Waals surface area contributed by atoms with Gasteiger partial charge in [0, 0.05) is 12.5 Å². The minimum absolute atomic E-state index is 0.588. The fourth-order valence-corrected chi connectivity index (χ4v) is 2.15. The van der Waals surface area contributed by atoms with E-state index in [9.17, 15) is 0 Å². The maximum Gasteiger partial charge on any atom is 0.0101 e. The molecule has 0 aliphatic heterocycles. The summed E-state index contributed by atoms with van der Waals surface area (Å²) in [6.07, 6.45) is 12.1. The Labute approximate surface area is 112 Å². The highest BCUT2D eigenvalue weighted by atomic mass is 14.9. The van der Waals surface area contributed by atoms with E-state index in [-0.39, 0.29) is 0 Å². The molecule has 0 saturated heterocycles. The first-order chi connectivity index (χ1) is 8.86. The molecule has 0 fully saturated rings. The van der Waals surface area contributed by atoms with Crippen LogP contribution < -0.4 is 5.32 Å². The minimum atomic E-state index is 0.588. The summed E-state index contributed by atoms with van der Waals surface area (Å²) in [7, 11) is 0. The van der Waals surface area contributed by atoms with E-state index in [0.29, 0.717) is 6.04 Å². The molecule has 1 atom stereocenters. The molecule has 0 radical (unpaired) electrons. The zero-order chi connectivity index (χ0) is 13.1. The van der Waals surface area contributed by atoms with Crippen LogP contribution in [-0.4, -0.2) is 12.6 Å². The Morgan fingerprint density at radius 3 is 2.67 bits per heavy atom. The Kier molecular flexibility index (Phi) is 8.01. The second-order valence-electron chi connectivity index (χ2n) is 4.77. The Hall–Kier alpha value is -1.26. The van der Waals surface area contributed by atoms with Crippen molar-refractivity contribution < 1.29 is 0 Å². The summed E-state index contributed by atoms with van der Waals surface area (Å²) in [6, 6.07) is 11.3. The number of terminal acetylenes is 1. The molecular weight excluding hydrogens is 218 g/mol. The molecule has 0 saturated carbocycles. The van der Waals surface area contributed by atoms with Crippen LogP contribution in [0, 0.1) is 12.3 Å². The molecule has 1 unspecified atom stereocenters.